The fourth-order valence-corrected chi connectivity index (χ4v) is 9.25. The van der Waals surface area contributed by atoms with E-state index in [1.165, 1.54) is 14.2 Å². The minimum Gasteiger partial charge on any atom is -0.488 e. The first kappa shape index (κ1) is 40.7. The number of ether oxygens (including phenoxy) is 3. The number of aromatic nitrogens is 4. The molecule has 5 heterocycles. The third-order valence-electron chi connectivity index (χ3n) is 12.5. The number of H-pyrrole nitrogens is 2. The van der Waals surface area contributed by atoms with Crippen molar-refractivity contribution in [1.82, 2.24) is 40.4 Å². The zero-order valence-electron chi connectivity index (χ0n) is 35.4. The van der Waals surface area contributed by atoms with Gasteiger partial charge in [-0.3, -0.25) is 9.59 Å². The van der Waals surface area contributed by atoms with Gasteiger partial charge in [0.05, 0.1) is 49.2 Å². The first-order valence-corrected chi connectivity index (χ1v) is 20.9. The fourth-order valence-electron chi connectivity index (χ4n) is 9.25. The summed E-state index contributed by atoms with van der Waals surface area (Å²) in [6.45, 7) is 12.1. The second-order valence-electron chi connectivity index (χ2n) is 17.1. The number of hydrogen-bond donors (Lipinski definition) is 4. The van der Waals surface area contributed by atoms with Crippen LogP contribution in [0.25, 0.3) is 44.2 Å². The lowest BCUT2D eigenvalue weighted by Crippen LogP contribution is -2.52. The van der Waals surface area contributed by atoms with Crippen LogP contribution in [0.3, 0.4) is 0 Å². The van der Waals surface area contributed by atoms with Crippen LogP contribution in [0.4, 0.5) is 9.59 Å². The number of methoxy groups -OCH3 is 2. The van der Waals surface area contributed by atoms with Crippen LogP contribution in [0.5, 0.6) is 5.75 Å². The summed E-state index contributed by atoms with van der Waals surface area (Å²) in [5.74, 6) is 1.62. The zero-order chi connectivity index (χ0) is 42.6. The molecular formula is C45H54N8O7. The number of amides is 4. The highest BCUT2D eigenvalue weighted by Gasteiger charge is 2.43. The number of carbonyl (C=O) groups is 4. The predicted molar refractivity (Wildman–Crippen MR) is 226 cm³/mol. The van der Waals surface area contributed by atoms with Crippen LogP contribution in [0.1, 0.15) is 96.5 Å². The second-order valence-corrected chi connectivity index (χ2v) is 17.1. The molecule has 15 heteroatoms. The summed E-state index contributed by atoms with van der Waals surface area (Å²) < 4.78 is 16.1. The van der Waals surface area contributed by atoms with Crippen LogP contribution in [-0.4, -0.2) is 92.1 Å². The molecule has 2 saturated heterocycles. The van der Waals surface area contributed by atoms with Crippen LogP contribution >= 0.6 is 0 Å². The number of imidazole rings is 2. The topological polar surface area (TPSA) is 184 Å². The normalized spacial score (nSPS) is 20.8. The summed E-state index contributed by atoms with van der Waals surface area (Å²) >= 11 is 0. The van der Waals surface area contributed by atoms with Crippen LogP contribution in [0.2, 0.25) is 0 Å². The third kappa shape index (κ3) is 7.27. The zero-order valence-corrected chi connectivity index (χ0v) is 35.4. The lowest BCUT2D eigenvalue weighted by Gasteiger charge is -2.32. The highest BCUT2D eigenvalue weighted by molar-refractivity contribution is 6.07. The Morgan fingerprint density at radius 1 is 0.767 bits per heavy atom. The standard InChI is InChI=1S/C45H54N8O7/c1-22(2)37(50-44(56)58-7)42(54)52-24(5)9-15-34(52)40-46-20-33(48-40)27-11-13-29-28(17-27)21-60-36-19-30-26(18-31(29)36)12-14-32-39(30)49-41(47-32)35-16-10-25(6)53(35)43(55)38(23(3)4)51-45(57)59-8/h11-14,17-20,22-25,34-35,37-38H,9-10,15-16,21H2,1-8H3,(H,46,48)(H,47,49)(H,50,56)(H,51,57). The SMILES string of the molecule is COC(=O)NC(C(=O)N1C(C)CCC1c1ncc(-c2ccc3c(c2)COc2cc4c(ccc5[nH]c(C6CCC(C)N6C(=O)C(NC(=O)OC)C(C)C)nc54)cc2-3)[nH]1)C(C)C. The number of aromatic amines is 2. The van der Waals surface area contributed by atoms with Crippen LogP contribution in [0, 0.1) is 11.8 Å². The number of nitrogens with zero attached hydrogens (tertiary/aromatic N) is 4. The van der Waals surface area contributed by atoms with Gasteiger partial charge >= 0.3 is 12.2 Å². The molecule has 3 aliphatic rings. The van der Waals surface area contributed by atoms with Crippen LogP contribution in [-0.2, 0) is 25.7 Å². The molecule has 6 atom stereocenters. The van der Waals surface area contributed by atoms with E-state index in [2.05, 4.69) is 57.0 Å². The summed E-state index contributed by atoms with van der Waals surface area (Å²) in [7, 11) is 2.59. The molecular weight excluding hydrogens is 765 g/mol. The van der Waals surface area contributed by atoms with Crippen molar-refractivity contribution in [3.63, 3.8) is 0 Å². The average Bonchev–Trinajstić information content (AvgIpc) is 4.06. The van der Waals surface area contributed by atoms with Crippen molar-refractivity contribution in [3.8, 4) is 28.1 Å². The molecule has 15 nitrogen and oxygen atoms in total. The number of carbonyl (C=O) groups excluding carboxylic acids is 4. The monoisotopic (exact) mass is 818 g/mol. The van der Waals surface area contributed by atoms with Crippen LogP contribution < -0.4 is 15.4 Å². The van der Waals surface area contributed by atoms with Gasteiger partial charge in [-0.05, 0) is 97.7 Å². The maximum atomic E-state index is 14.0. The van der Waals surface area contributed by atoms with Crippen molar-refractivity contribution in [2.75, 3.05) is 14.2 Å². The maximum absolute atomic E-state index is 14.0. The van der Waals surface area contributed by atoms with Gasteiger partial charge in [0.15, 0.2) is 0 Å². The first-order valence-electron chi connectivity index (χ1n) is 20.9. The van der Waals surface area contributed by atoms with Crippen molar-refractivity contribution in [2.45, 2.75) is 110 Å². The molecule has 3 aromatic carbocycles. The fraction of sp³-hybridized carbons (Fsp3) is 0.467. The molecule has 316 valence electrons. The van der Waals surface area contributed by atoms with E-state index < -0.39 is 24.3 Å². The van der Waals surface area contributed by atoms with E-state index in [1.54, 1.807) is 0 Å². The quantitative estimate of drug-likeness (QED) is 0.117. The lowest BCUT2D eigenvalue weighted by atomic mass is 9.92. The summed E-state index contributed by atoms with van der Waals surface area (Å²) in [6, 6.07) is 12.6. The van der Waals surface area contributed by atoms with E-state index in [1.807, 2.05) is 63.6 Å². The second kappa shape index (κ2) is 16.1. The molecule has 2 aromatic heterocycles. The Bertz CT molecular complexity index is 2470. The molecule has 0 spiro atoms. The van der Waals surface area contributed by atoms with E-state index in [4.69, 9.17) is 24.2 Å². The highest BCUT2D eigenvalue weighted by atomic mass is 16.5. The van der Waals surface area contributed by atoms with E-state index in [0.29, 0.717) is 18.3 Å². The molecule has 4 amide bonds. The van der Waals surface area contributed by atoms with Crippen molar-refractivity contribution in [1.29, 1.82) is 0 Å². The Labute approximate surface area is 348 Å². The number of rotatable bonds is 9. The number of likely N-dealkylation sites (tertiary alicyclic amines) is 2. The Morgan fingerprint density at radius 3 is 1.98 bits per heavy atom. The molecule has 8 rings (SSSR count). The Kier molecular flexibility index (Phi) is 10.9. The molecule has 3 aliphatic heterocycles. The van der Waals surface area contributed by atoms with Gasteiger partial charge < -0.3 is 44.6 Å². The van der Waals surface area contributed by atoms with E-state index in [-0.39, 0.29) is 47.8 Å². The number of hydrogen-bond acceptors (Lipinski definition) is 9. The maximum Gasteiger partial charge on any atom is 0.407 e. The summed E-state index contributed by atoms with van der Waals surface area (Å²) in [5.41, 5.74) is 6.58. The minimum atomic E-state index is -0.726. The average molecular weight is 819 g/mol. The molecule has 5 aromatic rings. The molecule has 60 heavy (non-hydrogen) atoms. The summed E-state index contributed by atoms with van der Waals surface area (Å²) in [4.78, 5) is 72.7. The number of fused-ring (bicyclic) bond motifs is 6. The molecule has 0 saturated carbocycles. The smallest absolute Gasteiger partial charge is 0.407 e. The molecule has 0 aliphatic carbocycles. The van der Waals surface area contributed by atoms with E-state index in [9.17, 15) is 19.2 Å². The summed E-state index contributed by atoms with van der Waals surface area (Å²) in [5, 5.41) is 7.42. The third-order valence-corrected chi connectivity index (χ3v) is 12.5. The summed E-state index contributed by atoms with van der Waals surface area (Å²) in [6.07, 6.45) is 3.69. The lowest BCUT2D eigenvalue weighted by molar-refractivity contribution is -0.138. The number of alkyl carbamates (subject to hydrolysis) is 2. The van der Waals surface area contributed by atoms with Gasteiger partial charge in [0.25, 0.3) is 0 Å². The predicted octanol–water partition coefficient (Wildman–Crippen LogP) is 7.53. The van der Waals surface area contributed by atoms with Crippen molar-refractivity contribution in [2.24, 2.45) is 11.8 Å². The Balaban J connectivity index is 1.05. The minimum absolute atomic E-state index is 0.0158. The van der Waals surface area contributed by atoms with Gasteiger partial charge in [0.2, 0.25) is 11.8 Å². The van der Waals surface area contributed by atoms with Crippen LogP contribution in [0.15, 0.2) is 48.7 Å². The van der Waals surface area contributed by atoms with E-state index in [0.717, 1.165) is 81.2 Å². The van der Waals surface area contributed by atoms with Gasteiger partial charge in [-0.25, -0.2) is 19.6 Å². The van der Waals surface area contributed by atoms with Gasteiger partial charge in [-0.2, -0.15) is 0 Å². The van der Waals surface area contributed by atoms with Crippen molar-refractivity contribution >= 4 is 45.8 Å². The van der Waals surface area contributed by atoms with Gasteiger partial charge in [0.1, 0.15) is 36.1 Å². The highest BCUT2D eigenvalue weighted by Crippen LogP contribution is 2.44. The first-order chi connectivity index (χ1) is 28.8. The number of nitrogens with one attached hydrogen (secondary N) is 4. The van der Waals surface area contributed by atoms with Crippen molar-refractivity contribution < 1.29 is 33.4 Å². The van der Waals surface area contributed by atoms with E-state index >= 15 is 0 Å². The molecule has 6 unspecified atom stereocenters. The van der Waals surface area contributed by atoms with Gasteiger partial charge in [-0.15, -0.1) is 0 Å². The Hall–Kier alpha value is -6.12. The molecule has 0 radical (unpaired) electrons. The van der Waals surface area contributed by atoms with Gasteiger partial charge in [-0.1, -0.05) is 45.9 Å². The Morgan fingerprint density at radius 2 is 1.38 bits per heavy atom. The number of benzene rings is 3. The molecule has 4 N–H and O–H groups in total. The largest absolute Gasteiger partial charge is 0.488 e. The van der Waals surface area contributed by atoms with Crippen molar-refractivity contribution in [3.05, 3.63) is 65.9 Å². The molecule has 0 bridgehead atoms. The molecule has 2 fully saturated rings. The van der Waals surface area contributed by atoms with Gasteiger partial charge in [0, 0.05) is 23.0 Å².